The van der Waals surface area contributed by atoms with Gasteiger partial charge in [-0.25, -0.2) is 4.57 Å². The third-order valence-corrected chi connectivity index (χ3v) is 2.23. The van der Waals surface area contributed by atoms with Crippen molar-refractivity contribution in [3.05, 3.63) is 24.3 Å². The number of hydrogen-bond donors (Lipinski definition) is 1. The number of rotatable bonds is 0. The molecular formula is C8H11N4+. The highest BCUT2D eigenvalue weighted by Crippen LogP contribution is 2.07. The lowest BCUT2D eigenvalue weighted by Gasteiger charge is -1.85. The van der Waals surface area contributed by atoms with Gasteiger partial charge >= 0.3 is 0 Å². The first-order chi connectivity index (χ1) is 5.72. The molecule has 2 aromatic heterocycles. The fourth-order valence-corrected chi connectivity index (χ4v) is 1.36. The van der Waals surface area contributed by atoms with E-state index in [1.165, 1.54) is 0 Å². The molecule has 4 nitrogen and oxygen atoms in total. The van der Waals surface area contributed by atoms with Crippen LogP contribution in [0.4, 0.5) is 0 Å². The van der Waals surface area contributed by atoms with Gasteiger partial charge in [0.05, 0.1) is 13.2 Å². The van der Waals surface area contributed by atoms with Crippen molar-refractivity contribution in [3.8, 4) is 0 Å². The van der Waals surface area contributed by atoms with Gasteiger partial charge in [-0.3, -0.25) is 10.8 Å². The molecule has 12 heavy (non-hydrogen) atoms. The van der Waals surface area contributed by atoms with Crippen LogP contribution in [-0.2, 0) is 7.05 Å². The first-order valence-electron chi connectivity index (χ1n) is 3.78. The first kappa shape index (κ1) is 7.09. The molecule has 0 aliphatic carbocycles. The van der Waals surface area contributed by atoms with Gasteiger partial charge in [0.1, 0.15) is 0 Å². The minimum Gasteiger partial charge on any atom is -0.268 e. The van der Waals surface area contributed by atoms with Crippen molar-refractivity contribution in [2.75, 3.05) is 5.84 Å². The summed E-state index contributed by atoms with van der Waals surface area (Å²) in [6.45, 7) is 1.97. The van der Waals surface area contributed by atoms with Crippen LogP contribution in [0.2, 0.25) is 0 Å². The summed E-state index contributed by atoms with van der Waals surface area (Å²) in [5.74, 6) is 6.81. The van der Waals surface area contributed by atoms with E-state index >= 15 is 0 Å². The highest BCUT2D eigenvalue weighted by Gasteiger charge is 2.15. The molecule has 0 saturated heterocycles. The van der Waals surface area contributed by atoms with Gasteiger partial charge in [-0.15, -0.1) is 4.68 Å². The topological polar surface area (TPSA) is 47.7 Å². The minimum absolute atomic E-state index is 0.956. The number of nitrogen functional groups attached to an aromatic ring is 1. The highest BCUT2D eigenvalue weighted by atomic mass is 15.3. The normalized spacial score (nSPS) is 10.8. The predicted octanol–water partition coefficient (Wildman–Crippen LogP) is -0.117. The number of nitrogens with zero attached hydrogens (tertiary/aromatic N) is 3. The number of fused-ring (bicyclic) bond motifs is 1. The first-order valence-corrected chi connectivity index (χ1v) is 3.78. The van der Waals surface area contributed by atoms with Crippen molar-refractivity contribution in [1.29, 1.82) is 0 Å². The zero-order chi connectivity index (χ0) is 8.72. The number of aromatic nitrogens is 3. The van der Waals surface area contributed by atoms with Crippen molar-refractivity contribution in [1.82, 2.24) is 9.66 Å². The van der Waals surface area contributed by atoms with Crippen LogP contribution in [0.5, 0.6) is 0 Å². The molecule has 2 aromatic rings. The Hall–Kier alpha value is -1.58. The van der Waals surface area contributed by atoms with Crippen LogP contribution >= 0.6 is 0 Å². The lowest BCUT2D eigenvalue weighted by Crippen LogP contribution is -2.32. The number of nitrogens with two attached hydrogens (primary N) is 1. The van der Waals surface area contributed by atoms with Crippen molar-refractivity contribution >= 4 is 11.0 Å². The largest absolute Gasteiger partial charge is 0.277 e. The van der Waals surface area contributed by atoms with E-state index in [1.54, 1.807) is 17.1 Å². The van der Waals surface area contributed by atoms with E-state index in [9.17, 15) is 0 Å². The zero-order valence-electron chi connectivity index (χ0n) is 7.15. The maximum absolute atomic E-state index is 5.79. The number of aryl methyl sites for hydroxylation is 1. The fourth-order valence-electron chi connectivity index (χ4n) is 1.36. The summed E-state index contributed by atoms with van der Waals surface area (Å²) >= 11 is 0. The molecule has 0 unspecified atom stereocenters. The monoisotopic (exact) mass is 163 g/mol. The Morgan fingerprint density at radius 2 is 2.33 bits per heavy atom. The van der Waals surface area contributed by atoms with Gasteiger partial charge in [0.2, 0.25) is 5.52 Å². The summed E-state index contributed by atoms with van der Waals surface area (Å²) in [4.78, 5) is 4.01. The van der Waals surface area contributed by atoms with Gasteiger partial charge in [0.25, 0.3) is 5.82 Å². The van der Waals surface area contributed by atoms with Crippen LogP contribution < -0.4 is 10.4 Å². The number of pyridine rings is 1. The van der Waals surface area contributed by atoms with E-state index in [0.717, 1.165) is 16.9 Å². The SMILES string of the molecule is Cc1n(N)c2cnccc2[n+]1C. The van der Waals surface area contributed by atoms with Crippen molar-refractivity contribution in [2.45, 2.75) is 6.92 Å². The van der Waals surface area contributed by atoms with Crippen LogP contribution in [0.3, 0.4) is 0 Å². The van der Waals surface area contributed by atoms with Gasteiger partial charge < -0.3 is 0 Å². The quantitative estimate of drug-likeness (QED) is 0.435. The lowest BCUT2D eigenvalue weighted by molar-refractivity contribution is -0.652. The predicted molar refractivity (Wildman–Crippen MR) is 45.8 cm³/mol. The van der Waals surface area contributed by atoms with Gasteiger partial charge in [-0.2, -0.15) is 0 Å². The van der Waals surface area contributed by atoms with E-state index in [4.69, 9.17) is 5.84 Å². The van der Waals surface area contributed by atoms with Crippen LogP contribution in [0.1, 0.15) is 5.82 Å². The standard InChI is InChI=1S/C8H11N4/c1-6-11(2)7-3-4-10-5-8(7)12(6)9/h3-5H,9H2,1-2H3/q+1. The summed E-state index contributed by atoms with van der Waals surface area (Å²) in [7, 11) is 1.99. The number of imidazole rings is 1. The summed E-state index contributed by atoms with van der Waals surface area (Å²) in [5, 5.41) is 0. The summed E-state index contributed by atoms with van der Waals surface area (Å²) in [5.41, 5.74) is 2.06. The van der Waals surface area contributed by atoms with Crippen LogP contribution in [0.15, 0.2) is 18.5 Å². The molecule has 2 N–H and O–H groups in total. The Morgan fingerprint density at radius 1 is 1.58 bits per heavy atom. The second-order valence-corrected chi connectivity index (χ2v) is 2.84. The fraction of sp³-hybridized carbons (Fsp3) is 0.250. The molecule has 0 atom stereocenters. The third-order valence-electron chi connectivity index (χ3n) is 2.23. The number of hydrogen-bond acceptors (Lipinski definition) is 2. The van der Waals surface area contributed by atoms with Crippen LogP contribution in [-0.4, -0.2) is 9.66 Å². The average Bonchev–Trinajstić information content (AvgIpc) is 2.33. The molecule has 0 amide bonds. The summed E-state index contributed by atoms with van der Waals surface area (Å²) < 4.78 is 3.68. The average molecular weight is 163 g/mol. The summed E-state index contributed by atoms with van der Waals surface area (Å²) in [6, 6.07) is 1.95. The molecule has 2 heterocycles. The Bertz CT molecular complexity index is 391. The second kappa shape index (κ2) is 2.20. The molecule has 4 heteroatoms. The molecule has 0 aliphatic heterocycles. The Morgan fingerprint density at radius 3 is 3.00 bits per heavy atom. The van der Waals surface area contributed by atoms with E-state index in [-0.39, 0.29) is 0 Å². The molecule has 0 fully saturated rings. The molecule has 0 spiro atoms. The van der Waals surface area contributed by atoms with E-state index in [0.29, 0.717) is 0 Å². The van der Waals surface area contributed by atoms with Crippen molar-refractivity contribution in [2.24, 2.45) is 7.05 Å². The van der Waals surface area contributed by atoms with E-state index in [2.05, 4.69) is 4.98 Å². The van der Waals surface area contributed by atoms with Crippen molar-refractivity contribution < 1.29 is 4.57 Å². The van der Waals surface area contributed by atoms with Gasteiger partial charge in [-0.1, -0.05) is 0 Å². The van der Waals surface area contributed by atoms with Gasteiger partial charge in [0, 0.05) is 19.2 Å². The molecule has 0 aliphatic rings. The Labute approximate surface area is 70.2 Å². The van der Waals surface area contributed by atoms with Crippen molar-refractivity contribution in [3.63, 3.8) is 0 Å². The lowest BCUT2D eigenvalue weighted by atomic mass is 10.4. The molecule has 0 radical (unpaired) electrons. The molecule has 0 saturated carbocycles. The highest BCUT2D eigenvalue weighted by molar-refractivity contribution is 5.70. The Balaban J connectivity index is 2.99. The minimum atomic E-state index is 0.956. The second-order valence-electron chi connectivity index (χ2n) is 2.84. The summed E-state index contributed by atoms with van der Waals surface area (Å²) in [6.07, 6.45) is 3.53. The van der Waals surface area contributed by atoms with Gasteiger partial charge in [-0.05, 0) is 0 Å². The molecule has 62 valence electrons. The van der Waals surface area contributed by atoms with Crippen LogP contribution in [0.25, 0.3) is 11.0 Å². The molecule has 2 rings (SSSR count). The molecule has 0 bridgehead atoms. The zero-order valence-corrected chi connectivity index (χ0v) is 7.15. The Kier molecular flexibility index (Phi) is 1.30. The third kappa shape index (κ3) is 0.717. The maximum Gasteiger partial charge on any atom is 0.277 e. The van der Waals surface area contributed by atoms with Gasteiger partial charge in [0.15, 0.2) is 5.52 Å². The van der Waals surface area contributed by atoms with Crippen LogP contribution in [0, 0.1) is 6.92 Å². The smallest absolute Gasteiger partial charge is 0.268 e. The maximum atomic E-state index is 5.79. The molecular weight excluding hydrogens is 152 g/mol. The van der Waals surface area contributed by atoms with E-state index in [1.807, 2.05) is 24.6 Å². The van der Waals surface area contributed by atoms with E-state index < -0.39 is 0 Å². The molecule has 0 aromatic carbocycles.